The molecule has 2 aromatic carbocycles. The number of aryl methyl sites for hydroxylation is 3. The minimum Gasteiger partial charge on any atom is -0.505 e. The van der Waals surface area contributed by atoms with Gasteiger partial charge in [-0.2, -0.15) is 0 Å². The number of phenols is 1. The molecule has 25 heavy (non-hydrogen) atoms. The van der Waals surface area contributed by atoms with Crippen LogP contribution in [0.2, 0.25) is 0 Å². The van der Waals surface area contributed by atoms with E-state index in [0.29, 0.717) is 42.7 Å². The average molecular weight is 343 g/mol. The maximum absolute atomic E-state index is 14.3. The van der Waals surface area contributed by atoms with Crippen LogP contribution in [0.3, 0.4) is 0 Å². The number of aromatic hydroxyl groups is 1. The highest BCUT2D eigenvalue weighted by Gasteiger charge is 2.15. The Morgan fingerprint density at radius 1 is 1.16 bits per heavy atom. The highest BCUT2D eigenvalue weighted by Crippen LogP contribution is 2.28. The number of rotatable bonds is 6. The number of halogens is 1. The second-order valence-electron chi connectivity index (χ2n) is 5.95. The molecule has 0 amide bonds. The number of nitrogens with zero attached hydrogens (tertiary/aromatic N) is 2. The molecule has 2 N–H and O–H groups in total. The summed E-state index contributed by atoms with van der Waals surface area (Å²) in [5.41, 5.74) is 2.24. The van der Waals surface area contributed by atoms with Crippen LogP contribution in [0.15, 0.2) is 41.2 Å². The molecule has 0 aliphatic carbocycles. The van der Waals surface area contributed by atoms with Gasteiger partial charge in [0.15, 0.2) is 0 Å². The van der Waals surface area contributed by atoms with Crippen molar-refractivity contribution in [3.05, 3.63) is 58.3 Å². The minimum absolute atomic E-state index is 0.198. The molecule has 1 aromatic heterocycles. The van der Waals surface area contributed by atoms with Crippen molar-refractivity contribution in [1.82, 2.24) is 9.13 Å². The van der Waals surface area contributed by atoms with Crippen molar-refractivity contribution >= 4 is 16.7 Å². The molecule has 0 unspecified atom stereocenters. The zero-order valence-corrected chi connectivity index (χ0v) is 14.4. The number of imidazole rings is 1. The van der Waals surface area contributed by atoms with Gasteiger partial charge >= 0.3 is 5.69 Å². The van der Waals surface area contributed by atoms with Gasteiger partial charge < -0.3 is 10.4 Å². The Hall–Kier alpha value is -2.76. The highest BCUT2D eigenvalue weighted by atomic mass is 19.1. The lowest BCUT2D eigenvalue weighted by atomic mass is 10.1. The second kappa shape index (κ2) is 7.01. The fraction of sp³-hybridized carbons (Fsp3) is 0.316. The molecule has 0 spiro atoms. The summed E-state index contributed by atoms with van der Waals surface area (Å²) in [6.07, 6.45) is 1.22. The van der Waals surface area contributed by atoms with E-state index in [-0.39, 0.29) is 17.3 Å². The van der Waals surface area contributed by atoms with E-state index >= 15 is 0 Å². The highest BCUT2D eigenvalue weighted by molar-refractivity contribution is 5.76. The number of para-hydroxylation sites is 2. The largest absolute Gasteiger partial charge is 0.505 e. The van der Waals surface area contributed by atoms with E-state index in [1.165, 1.54) is 10.6 Å². The summed E-state index contributed by atoms with van der Waals surface area (Å²) in [5, 5.41) is 13.1. The van der Waals surface area contributed by atoms with Crippen LogP contribution in [0, 0.1) is 5.82 Å². The van der Waals surface area contributed by atoms with Gasteiger partial charge in [0.05, 0.1) is 11.2 Å². The zero-order valence-electron chi connectivity index (χ0n) is 14.4. The van der Waals surface area contributed by atoms with Crippen molar-refractivity contribution in [3.8, 4) is 5.75 Å². The van der Waals surface area contributed by atoms with Crippen molar-refractivity contribution in [1.29, 1.82) is 0 Å². The Kier molecular flexibility index (Phi) is 4.79. The predicted molar refractivity (Wildman–Crippen MR) is 97.8 cm³/mol. The number of anilines is 1. The molecule has 3 rings (SSSR count). The van der Waals surface area contributed by atoms with Crippen molar-refractivity contribution in [2.45, 2.75) is 32.9 Å². The van der Waals surface area contributed by atoms with Crippen LogP contribution in [-0.2, 0) is 19.5 Å². The molecule has 0 saturated heterocycles. The number of benzene rings is 2. The summed E-state index contributed by atoms with van der Waals surface area (Å²) in [6, 6.07) is 10.3. The molecule has 1 heterocycles. The normalized spacial score (nSPS) is 11.2. The zero-order chi connectivity index (χ0) is 18.0. The van der Waals surface area contributed by atoms with Gasteiger partial charge in [-0.25, -0.2) is 9.18 Å². The fourth-order valence-corrected chi connectivity index (χ4v) is 3.27. The summed E-state index contributed by atoms with van der Waals surface area (Å²) in [5.74, 6) is -0.165. The van der Waals surface area contributed by atoms with Gasteiger partial charge in [-0.1, -0.05) is 18.2 Å². The number of nitrogens with one attached hydrogen (secondary N) is 1. The van der Waals surface area contributed by atoms with E-state index in [4.69, 9.17) is 0 Å². The van der Waals surface area contributed by atoms with Crippen LogP contribution in [0.1, 0.15) is 18.9 Å². The fourth-order valence-electron chi connectivity index (χ4n) is 3.27. The van der Waals surface area contributed by atoms with Gasteiger partial charge in [-0.15, -0.1) is 0 Å². The number of hydrogen-bond acceptors (Lipinski definition) is 3. The van der Waals surface area contributed by atoms with Gasteiger partial charge in [-0.05, 0) is 43.5 Å². The third-order valence-corrected chi connectivity index (χ3v) is 4.52. The lowest BCUT2D eigenvalue weighted by molar-refractivity contribution is 0.467. The molecular formula is C19H22FN3O2. The van der Waals surface area contributed by atoms with E-state index in [0.717, 1.165) is 5.56 Å². The second-order valence-corrected chi connectivity index (χ2v) is 5.95. The molecule has 6 heteroatoms. The molecule has 3 aromatic rings. The van der Waals surface area contributed by atoms with Gasteiger partial charge in [0.2, 0.25) is 0 Å². The Morgan fingerprint density at radius 2 is 1.92 bits per heavy atom. The summed E-state index contributed by atoms with van der Waals surface area (Å²) in [7, 11) is 1.75. The molecule has 0 bridgehead atoms. The Balaban J connectivity index is 1.87. The van der Waals surface area contributed by atoms with Crippen molar-refractivity contribution in [2.24, 2.45) is 0 Å². The summed E-state index contributed by atoms with van der Waals surface area (Å²) in [4.78, 5) is 12.6. The maximum atomic E-state index is 14.3. The summed E-state index contributed by atoms with van der Waals surface area (Å²) in [6.45, 7) is 2.76. The van der Waals surface area contributed by atoms with Crippen LogP contribution >= 0.6 is 0 Å². The SMILES string of the molecule is CCn1c(=O)n(CCCc2cccc(NC)c2O)c2c(F)cccc21. The maximum Gasteiger partial charge on any atom is 0.329 e. The first kappa shape index (κ1) is 17.1. The van der Waals surface area contributed by atoms with E-state index in [9.17, 15) is 14.3 Å². The molecular weight excluding hydrogens is 321 g/mol. The Morgan fingerprint density at radius 3 is 2.64 bits per heavy atom. The summed E-state index contributed by atoms with van der Waals surface area (Å²) < 4.78 is 17.3. The third kappa shape index (κ3) is 2.99. The smallest absolute Gasteiger partial charge is 0.329 e. The topological polar surface area (TPSA) is 59.2 Å². The van der Waals surface area contributed by atoms with Gasteiger partial charge in [0.25, 0.3) is 0 Å². The Bertz CT molecular complexity index is 959. The first-order valence-electron chi connectivity index (χ1n) is 8.44. The molecule has 0 radical (unpaired) electrons. The molecule has 0 aliphatic heterocycles. The van der Waals surface area contributed by atoms with Crippen LogP contribution in [-0.4, -0.2) is 21.3 Å². The number of phenolic OH excluding ortho intramolecular Hbond substituents is 1. The van der Waals surface area contributed by atoms with Crippen LogP contribution < -0.4 is 11.0 Å². The predicted octanol–water partition coefficient (Wildman–Crippen LogP) is 3.34. The molecule has 0 atom stereocenters. The van der Waals surface area contributed by atoms with E-state index in [1.54, 1.807) is 29.8 Å². The van der Waals surface area contributed by atoms with Crippen LogP contribution in [0.5, 0.6) is 5.75 Å². The number of aromatic nitrogens is 2. The lowest BCUT2D eigenvalue weighted by Crippen LogP contribution is -2.24. The van der Waals surface area contributed by atoms with Gasteiger partial charge in [0.1, 0.15) is 17.1 Å². The molecule has 0 saturated carbocycles. The monoisotopic (exact) mass is 343 g/mol. The minimum atomic E-state index is -0.387. The quantitative estimate of drug-likeness (QED) is 0.675. The van der Waals surface area contributed by atoms with Crippen molar-refractivity contribution < 1.29 is 9.50 Å². The van der Waals surface area contributed by atoms with Crippen molar-refractivity contribution in [2.75, 3.05) is 12.4 Å². The lowest BCUT2D eigenvalue weighted by Gasteiger charge is -2.09. The first-order chi connectivity index (χ1) is 12.1. The summed E-state index contributed by atoms with van der Waals surface area (Å²) >= 11 is 0. The molecule has 5 nitrogen and oxygen atoms in total. The molecule has 0 fully saturated rings. The average Bonchev–Trinajstić information content (AvgIpc) is 2.89. The number of fused-ring (bicyclic) bond motifs is 1. The Labute approximate surface area is 145 Å². The molecule has 0 aliphatic rings. The van der Waals surface area contributed by atoms with E-state index < -0.39 is 0 Å². The van der Waals surface area contributed by atoms with Gasteiger partial charge in [-0.3, -0.25) is 9.13 Å². The van der Waals surface area contributed by atoms with E-state index in [1.807, 2.05) is 19.1 Å². The van der Waals surface area contributed by atoms with E-state index in [2.05, 4.69) is 5.32 Å². The first-order valence-corrected chi connectivity index (χ1v) is 8.44. The van der Waals surface area contributed by atoms with Crippen LogP contribution in [0.4, 0.5) is 10.1 Å². The number of hydrogen-bond donors (Lipinski definition) is 2. The van der Waals surface area contributed by atoms with Crippen LogP contribution in [0.25, 0.3) is 11.0 Å². The van der Waals surface area contributed by atoms with Crippen molar-refractivity contribution in [3.63, 3.8) is 0 Å². The standard InChI is InChI=1S/C19H22FN3O2/c1-3-22-16-11-5-9-14(20)17(16)23(19(22)25)12-6-8-13-7-4-10-15(21-2)18(13)24/h4-5,7,9-11,21,24H,3,6,8,12H2,1-2H3. The third-order valence-electron chi connectivity index (χ3n) is 4.52. The molecule has 132 valence electrons. The van der Waals surface area contributed by atoms with Gasteiger partial charge in [0, 0.05) is 20.1 Å².